The molecule has 1 saturated heterocycles. The summed E-state index contributed by atoms with van der Waals surface area (Å²) in [6.45, 7) is 2.20. The van der Waals surface area contributed by atoms with E-state index < -0.39 is 6.04 Å². The van der Waals surface area contributed by atoms with Gasteiger partial charge in [-0.15, -0.1) is 11.8 Å². The number of benzene rings is 2. The predicted molar refractivity (Wildman–Crippen MR) is 123 cm³/mol. The van der Waals surface area contributed by atoms with Crippen molar-refractivity contribution in [3.05, 3.63) is 71.3 Å². The average molecular weight is 426 g/mol. The number of nitrogens with zero attached hydrogens (tertiary/aromatic N) is 1. The van der Waals surface area contributed by atoms with Crippen LogP contribution >= 0.6 is 11.8 Å². The van der Waals surface area contributed by atoms with Gasteiger partial charge in [0, 0.05) is 11.3 Å². The molecule has 160 valence electrons. The first-order valence-corrected chi connectivity index (χ1v) is 11.8. The van der Waals surface area contributed by atoms with Gasteiger partial charge in [0.05, 0.1) is 12.5 Å². The standard InChI is InChI=1S/C25H31NO3S/c1-3-4-6-9-20-12-15-21(16-13-20)24(27)26-22(25(28)29-2)18-30-23(26)17-14-19-10-7-5-8-11-19/h5,7-8,10-13,15-16,22-23H,3-4,6,9,14,17-18H2,1-2H3. The summed E-state index contributed by atoms with van der Waals surface area (Å²) in [6, 6.07) is 17.6. The number of aryl methyl sites for hydroxylation is 2. The first-order valence-electron chi connectivity index (χ1n) is 10.8. The molecule has 1 fully saturated rings. The maximum absolute atomic E-state index is 13.4. The quantitative estimate of drug-likeness (QED) is 0.414. The zero-order chi connectivity index (χ0) is 21.3. The van der Waals surface area contributed by atoms with Gasteiger partial charge >= 0.3 is 5.97 Å². The second-order valence-electron chi connectivity index (χ2n) is 7.72. The highest BCUT2D eigenvalue weighted by Gasteiger charge is 2.42. The van der Waals surface area contributed by atoms with Crippen molar-refractivity contribution in [3.63, 3.8) is 0 Å². The lowest BCUT2D eigenvalue weighted by Gasteiger charge is -2.28. The maximum Gasteiger partial charge on any atom is 0.329 e. The van der Waals surface area contributed by atoms with E-state index in [9.17, 15) is 9.59 Å². The third kappa shape index (κ3) is 5.66. The Labute approximate surface area is 184 Å². The van der Waals surface area contributed by atoms with Gasteiger partial charge in [0.2, 0.25) is 0 Å². The van der Waals surface area contributed by atoms with Gasteiger partial charge in [-0.3, -0.25) is 4.79 Å². The summed E-state index contributed by atoms with van der Waals surface area (Å²) in [5.41, 5.74) is 3.12. The highest BCUT2D eigenvalue weighted by atomic mass is 32.2. The molecule has 0 saturated carbocycles. The summed E-state index contributed by atoms with van der Waals surface area (Å²) in [6.07, 6.45) is 6.29. The molecule has 0 aromatic heterocycles. The molecule has 2 unspecified atom stereocenters. The Kier molecular flexibility index (Phi) is 8.38. The molecular weight excluding hydrogens is 394 g/mol. The lowest BCUT2D eigenvalue weighted by molar-refractivity contribution is -0.145. The third-order valence-corrected chi connectivity index (χ3v) is 6.95. The van der Waals surface area contributed by atoms with Crippen LogP contribution < -0.4 is 0 Å². The van der Waals surface area contributed by atoms with Crippen LogP contribution in [0.1, 0.15) is 54.1 Å². The topological polar surface area (TPSA) is 46.6 Å². The molecule has 2 aromatic carbocycles. The van der Waals surface area contributed by atoms with Gasteiger partial charge in [-0.05, 0) is 48.9 Å². The van der Waals surface area contributed by atoms with E-state index >= 15 is 0 Å². The molecule has 0 N–H and O–H groups in total. The normalized spacial score (nSPS) is 18.4. The van der Waals surface area contributed by atoms with Gasteiger partial charge in [0.15, 0.2) is 0 Å². The molecule has 2 atom stereocenters. The highest BCUT2D eigenvalue weighted by Crippen LogP contribution is 2.34. The maximum atomic E-state index is 13.4. The fraction of sp³-hybridized carbons (Fsp3) is 0.440. The van der Waals surface area contributed by atoms with Crippen molar-refractivity contribution in [2.45, 2.75) is 56.9 Å². The van der Waals surface area contributed by atoms with Crippen molar-refractivity contribution >= 4 is 23.6 Å². The number of hydrogen-bond acceptors (Lipinski definition) is 4. The number of amides is 1. The number of hydrogen-bond donors (Lipinski definition) is 0. The van der Waals surface area contributed by atoms with Crippen LogP contribution in [-0.2, 0) is 22.4 Å². The molecule has 1 amide bonds. The second-order valence-corrected chi connectivity index (χ2v) is 8.93. The molecular formula is C25H31NO3S. The Morgan fingerprint density at radius 2 is 1.70 bits per heavy atom. The molecule has 1 aliphatic heterocycles. The molecule has 0 radical (unpaired) electrons. The van der Waals surface area contributed by atoms with Gasteiger partial charge in [0.25, 0.3) is 5.91 Å². The molecule has 2 aromatic rings. The molecule has 5 heteroatoms. The second kappa shape index (κ2) is 11.2. The summed E-state index contributed by atoms with van der Waals surface area (Å²) in [5, 5.41) is -0.0361. The molecule has 3 rings (SSSR count). The highest BCUT2D eigenvalue weighted by molar-refractivity contribution is 8.00. The van der Waals surface area contributed by atoms with E-state index in [4.69, 9.17) is 4.74 Å². The Morgan fingerprint density at radius 3 is 2.37 bits per heavy atom. The minimum absolute atomic E-state index is 0.0361. The van der Waals surface area contributed by atoms with E-state index in [1.165, 1.54) is 37.5 Å². The van der Waals surface area contributed by atoms with Gasteiger partial charge in [-0.2, -0.15) is 0 Å². The van der Waals surface area contributed by atoms with Crippen LogP contribution in [0.15, 0.2) is 54.6 Å². The summed E-state index contributed by atoms with van der Waals surface area (Å²) in [4.78, 5) is 27.5. The van der Waals surface area contributed by atoms with Crippen LogP contribution in [0.5, 0.6) is 0 Å². The monoisotopic (exact) mass is 425 g/mol. The van der Waals surface area contributed by atoms with Crippen LogP contribution in [0.4, 0.5) is 0 Å². The fourth-order valence-electron chi connectivity index (χ4n) is 3.85. The zero-order valence-electron chi connectivity index (χ0n) is 17.9. The molecule has 30 heavy (non-hydrogen) atoms. The van der Waals surface area contributed by atoms with Crippen molar-refractivity contribution in [3.8, 4) is 0 Å². The summed E-state index contributed by atoms with van der Waals surface area (Å²) in [5.74, 6) is 0.148. The minimum atomic E-state index is -0.530. The number of carbonyl (C=O) groups excluding carboxylic acids is 2. The molecule has 0 bridgehead atoms. The zero-order valence-corrected chi connectivity index (χ0v) is 18.7. The third-order valence-electron chi connectivity index (χ3n) is 5.59. The van der Waals surface area contributed by atoms with Crippen molar-refractivity contribution in [1.82, 2.24) is 4.90 Å². The van der Waals surface area contributed by atoms with Crippen molar-refractivity contribution in [2.75, 3.05) is 12.9 Å². The lowest BCUT2D eigenvalue weighted by Crippen LogP contribution is -2.46. The number of rotatable bonds is 9. The molecule has 0 aliphatic carbocycles. The number of thioether (sulfide) groups is 1. The molecule has 4 nitrogen and oxygen atoms in total. The fourth-order valence-corrected chi connectivity index (χ4v) is 5.24. The smallest absolute Gasteiger partial charge is 0.329 e. The molecule has 1 heterocycles. The summed E-state index contributed by atoms with van der Waals surface area (Å²) >= 11 is 1.67. The van der Waals surface area contributed by atoms with E-state index in [2.05, 4.69) is 19.1 Å². The van der Waals surface area contributed by atoms with Gasteiger partial charge in [-0.25, -0.2) is 4.79 Å². The summed E-state index contributed by atoms with van der Waals surface area (Å²) < 4.78 is 4.99. The van der Waals surface area contributed by atoms with Gasteiger partial charge in [-0.1, -0.05) is 62.2 Å². The Hall–Kier alpha value is -2.27. The number of carbonyl (C=O) groups is 2. The molecule has 0 spiro atoms. The first-order chi connectivity index (χ1) is 14.6. The number of methoxy groups -OCH3 is 1. The van der Waals surface area contributed by atoms with Crippen LogP contribution in [0.3, 0.4) is 0 Å². The van der Waals surface area contributed by atoms with Gasteiger partial charge < -0.3 is 9.64 Å². The Balaban J connectivity index is 1.72. The van der Waals surface area contributed by atoms with Crippen LogP contribution in [0.2, 0.25) is 0 Å². The average Bonchev–Trinajstić information content (AvgIpc) is 3.22. The van der Waals surface area contributed by atoms with Crippen LogP contribution in [0, 0.1) is 0 Å². The van der Waals surface area contributed by atoms with Crippen molar-refractivity contribution in [1.29, 1.82) is 0 Å². The SMILES string of the molecule is CCCCCc1ccc(C(=O)N2C(CCc3ccccc3)SCC2C(=O)OC)cc1. The van der Waals surface area contributed by atoms with E-state index in [1.807, 2.05) is 42.5 Å². The van der Waals surface area contributed by atoms with E-state index in [0.29, 0.717) is 11.3 Å². The summed E-state index contributed by atoms with van der Waals surface area (Å²) in [7, 11) is 1.39. The number of unbranched alkanes of at least 4 members (excludes halogenated alkanes) is 2. The first kappa shape index (κ1) is 22.4. The van der Waals surface area contributed by atoms with Crippen LogP contribution in [0.25, 0.3) is 0 Å². The van der Waals surface area contributed by atoms with Gasteiger partial charge in [0.1, 0.15) is 6.04 Å². The van der Waals surface area contributed by atoms with E-state index in [1.54, 1.807) is 16.7 Å². The minimum Gasteiger partial charge on any atom is -0.467 e. The Morgan fingerprint density at radius 1 is 1.00 bits per heavy atom. The largest absolute Gasteiger partial charge is 0.467 e. The van der Waals surface area contributed by atoms with Crippen molar-refractivity contribution in [2.24, 2.45) is 0 Å². The van der Waals surface area contributed by atoms with E-state index in [0.717, 1.165) is 19.3 Å². The number of esters is 1. The van der Waals surface area contributed by atoms with Crippen LogP contribution in [-0.4, -0.2) is 41.1 Å². The van der Waals surface area contributed by atoms with Crippen molar-refractivity contribution < 1.29 is 14.3 Å². The van der Waals surface area contributed by atoms with E-state index in [-0.39, 0.29) is 17.3 Å². The Bertz CT molecular complexity index is 822. The predicted octanol–water partition coefficient (Wildman–Crippen LogP) is 5.11. The molecule has 1 aliphatic rings. The number of ether oxygens (including phenoxy) is 1. The lowest BCUT2D eigenvalue weighted by atomic mass is 10.0.